The smallest absolute Gasteiger partial charge is 0.227 e. The number of rotatable bonds is 5. The Balaban J connectivity index is 1.34. The summed E-state index contributed by atoms with van der Waals surface area (Å²) in [6.45, 7) is 7.41. The van der Waals surface area contributed by atoms with Crippen LogP contribution in [0.1, 0.15) is 5.56 Å². The summed E-state index contributed by atoms with van der Waals surface area (Å²) >= 11 is 0. The van der Waals surface area contributed by atoms with Gasteiger partial charge in [0.2, 0.25) is 5.95 Å². The van der Waals surface area contributed by atoms with Gasteiger partial charge in [0.05, 0.1) is 20.3 Å². The molecule has 2 saturated heterocycles. The minimum absolute atomic E-state index is 0.283. The molecule has 2 aliphatic rings. The van der Waals surface area contributed by atoms with E-state index in [4.69, 9.17) is 14.5 Å². The Morgan fingerprint density at radius 3 is 2.54 bits per heavy atom. The number of hydrogen-bond acceptors (Lipinski definition) is 7. The number of benzene rings is 1. The number of piperazine rings is 1. The molecule has 0 bridgehead atoms. The molecule has 0 spiro atoms. The summed E-state index contributed by atoms with van der Waals surface area (Å²) < 4.78 is 24.3. The molecular weight excluding hydrogens is 361 g/mol. The van der Waals surface area contributed by atoms with Crippen molar-refractivity contribution in [2.45, 2.75) is 6.54 Å². The molecule has 0 aliphatic carbocycles. The molecule has 1 aromatic carbocycles. The summed E-state index contributed by atoms with van der Waals surface area (Å²) in [6, 6.07) is 7.12. The summed E-state index contributed by atoms with van der Waals surface area (Å²) in [4.78, 5) is 16.0. The fourth-order valence-corrected chi connectivity index (χ4v) is 3.63. The van der Waals surface area contributed by atoms with Crippen molar-refractivity contribution in [2.75, 3.05) is 69.4 Å². The molecule has 2 fully saturated rings. The molecule has 0 N–H and O–H groups in total. The molecule has 28 heavy (non-hydrogen) atoms. The first-order chi connectivity index (χ1) is 13.7. The van der Waals surface area contributed by atoms with Crippen molar-refractivity contribution in [3.05, 3.63) is 41.8 Å². The highest BCUT2D eigenvalue weighted by atomic mass is 19.1. The van der Waals surface area contributed by atoms with Gasteiger partial charge in [-0.1, -0.05) is 6.07 Å². The van der Waals surface area contributed by atoms with Crippen molar-refractivity contribution in [2.24, 2.45) is 0 Å². The Hall–Kier alpha value is -2.45. The molecule has 7 nitrogen and oxygen atoms in total. The summed E-state index contributed by atoms with van der Waals surface area (Å²) in [5.41, 5.74) is 0.956. The van der Waals surface area contributed by atoms with Gasteiger partial charge in [0.1, 0.15) is 5.82 Å². The predicted molar refractivity (Wildman–Crippen MR) is 106 cm³/mol. The van der Waals surface area contributed by atoms with Crippen LogP contribution in [-0.2, 0) is 11.3 Å². The predicted octanol–water partition coefficient (Wildman–Crippen LogP) is 1.78. The molecule has 0 saturated carbocycles. The van der Waals surface area contributed by atoms with Crippen LogP contribution in [0.3, 0.4) is 0 Å². The van der Waals surface area contributed by atoms with E-state index in [1.807, 2.05) is 18.3 Å². The maximum Gasteiger partial charge on any atom is 0.227 e. The highest BCUT2D eigenvalue weighted by Crippen LogP contribution is 2.21. The quantitative estimate of drug-likeness (QED) is 0.775. The van der Waals surface area contributed by atoms with Gasteiger partial charge in [-0.25, -0.2) is 9.37 Å². The van der Waals surface area contributed by atoms with E-state index in [-0.39, 0.29) is 11.6 Å². The molecule has 4 rings (SSSR count). The van der Waals surface area contributed by atoms with Gasteiger partial charge in [-0.05, 0) is 23.8 Å². The lowest BCUT2D eigenvalue weighted by Crippen LogP contribution is -2.46. The van der Waals surface area contributed by atoms with E-state index >= 15 is 0 Å². The fourth-order valence-electron chi connectivity index (χ4n) is 3.63. The Morgan fingerprint density at radius 2 is 1.82 bits per heavy atom. The van der Waals surface area contributed by atoms with Crippen molar-refractivity contribution in [3.8, 4) is 5.75 Å². The maximum absolute atomic E-state index is 13.9. The van der Waals surface area contributed by atoms with Crippen LogP contribution in [0.4, 0.5) is 16.2 Å². The fraction of sp³-hybridized carbons (Fsp3) is 0.500. The first-order valence-electron chi connectivity index (χ1n) is 9.68. The highest BCUT2D eigenvalue weighted by molar-refractivity contribution is 5.44. The normalized spacial score (nSPS) is 18.4. The van der Waals surface area contributed by atoms with E-state index in [1.54, 1.807) is 12.1 Å². The van der Waals surface area contributed by atoms with Crippen molar-refractivity contribution in [1.29, 1.82) is 0 Å². The summed E-state index contributed by atoms with van der Waals surface area (Å²) in [5, 5.41) is 0. The molecule has 0 radical (unpaired) electrons. The first-order valence-corrected chi connectivity index (χ1v) is 9.68. The van der Waals surface area contributed by atoms with Crippen LogP contribution < -0.4 is 14.5 Å². The van der Waals surface area contributed by atoms with Gasteiger partial charge in [-0.15, -0.1) is 0 Å². The topological polar surface area (TPSA) is 54.0 Å². The minimum atomic E-state index is -0.313. The second-order valence-corrected chi connectivity index (χ2v) is 7.05. The lowest BCUT2D eigenvalue weighted by atomic mass is 10.2. The largest absolute Gasteiger partial charge is 0.494 e. The summed E-state index contributed by atoms with van der Waals surface area (Å²) in [7, 11) is 1.48. The number of nitrogens with zero attached hydrogens (tertiary/aromatic N) is 5. The Kier molecular flexibility index (Phi) is 5.87. The lowest BCUT2D eigenvalue weighted by molar-refractivity contribution is 0.122. The third-order valence-electron chi connectivity index (χ3n) is 5.24. The molecule has 8 heteroatoms. The standard InChI is InChI=1S/C20H26FN5O2/c1-27-18-3-2-16(14-17(18)21)15-24-6-8-26(9-7-24)20-22-5-4-19(23-20)25-10-12-28-13-11-25/h2-5,14H,6-13,15H2,1H3. The van der Waals surface area contributed by atoms with E-state index in [9.17, 15) is 4.39 Å². The first kappa shape index (κ1) is 18.9. The molecule has 150 valence electrons. The average molecular weight is 387 g/mol. The number of ether oxygens (including phenoxy) is 2. The van der Waals surface area contributed by atoms with Crippen LogP contribution >= 0.6 is 0 Å². The van der Waals surface area contributed by atoms with E-state index in [0.29, 0.717) is 0 Å². The highest BCUT2D eigenvalue weighted by Gasteiger charge is 2.21. The Bertz CT molecular complexity index is 792. The average Bonchev–Trinajstić information content (AvgIpc) is 2.75. The van der Waals surface area contributed by atoms with Gasteiger partial charge in [0, 0.05) is 52.0 Å². The number of halogens is 1. The van der Waals surface area contributed by atoms with Crippen LogP contribution in [0.15, 0.2) is 30.5 Å². The monoisotopic (exact) mass is 387 g/mol. The van der Waals surface area contributed by atoms with Crippen LogP contribution in [-0.4, -0.2) is 74.5 Å². The number of morpholine rings is 1. The van der Waals surface area contributed by atoms with Crippen molar-refractivity contribution in [1.82, 2.24) is 14.9 Å². The zero-order valence-electron chi connectivity index (χ0n) is 16.2. The lowest BCUT2D eigenvalue weighted by Gasteiger charge is -2.35. The second kappa shape index (κ2) is 8.70. The molecule has 2 aliphatic heterocycles. The SMILES string of the molecule is COc1ccc(CN2CCN(c3nccc(N4CCOCC4)n3)CC2)cc1F. The number of methoxy groups -OCH3 is 1. The molecule has 1 aromatic heterocycles. The number of aromatic nitrogens is 2. The molecular formula is C20H26FN5O2. The van der Waals surface area contributed by atoms with Crippen LogP contribution in [0.2, 0.25) is 0 Å². The molecule has 0 amide bonds. The number of anilines is 2. The third kappa shape index (κ3) is 4.34. The second-order valence-electron chi connectivity index (χ2n) is 7.05. The van der Waals surface area contributed by atoms with Crippen molar-refractivity contribution in [3.63, 3.8) is 0 Å². The van der Waals surface area contributed by atoms with Gasteiger partial charge >= 0.3 is 0 Å². The van der Waals surface area contributed by atoms with Gasteiger partial charge in [-0.3, -0.25) is 4.90 Å². The summed E-state index contributed by atoms with van der Waals surface area (Å²) in [6.07, 6.45) is 1.83. The molecule has 3 heterocycles. The van der Waals surface area contributed by atoms with Gasteiger partial charge in [0.15, 0.2) is 11.6 Å². The summed E-state index contributed by atoms with van der Waals surface area (Å²) in [5.74, 6) is 1.71. The van der Waals surface area contributed by atoms with Crippen LogP contribution in [0.25, 0.3) is 0 Å². The van der Waals surface area contributed by atoms with Crippen molar-refractivity contribution >= 4 is 11.8 Å². The van der Waals surface area contributed by atoms with Crippen LogP contribution in [0.5, 0.6) is 5.75 Å². The van der Waals surface area contributed by atoms with Gasteiger partial charge < -0.3 is 19.3 Å². The zero-order chi connectivity index (χ0) is 19.3. The third-order valence-corrected chi connectivity index (χ3v) is 5.24. The zero-order valence-corrected chi connectivity index (χ0v) is 16.2. The molecule has 2 aromatic rings. The van der Waals surface area contributed by atoms with E-state index in [1.165, 1.54) is 7.11 Å². The van der Waals surface area contributed by atoms with E-state index in [0.717, 1.165) is 76.4 Å². The number of hydrogen-bond donors (Lipinski definition) is 0. The van der Waals surface area contributed by atoms with E-state index in [2.05, 4.69) is 19.7 Å². The Labute approximate surface area is 164 Å². The van der Waals surface area contributed by atoms with E-state index < -0.39 is 0 Å². The van der Waals surface area contributed by atoms with Crippen molar-refractivity contribution < 1.29 is 13.9 Å². The van der Waals surface area contributed by atoms with Gasteiger partial charge in [0.25, 0.3) is 0 Å². The molecule has 0 atom stereocenters. The molecule has 0 unspecified atom stereocenters. The Morgan fingerprint density at radius 1 is 1.04 bits per heavy atom. The minimum Gasteiger partial charge on any atom is -0.494 e. The maximum atomic E-state index is 13.9. The van der Waals surface area contributed by atoms with Gasteiger partial charge in [-0.2, -0.15) is 4.98 Å². The van der Waals surface area contributed by atoms with Crippen LogP contribution in [0, 0.1) is 5.82 Å².